The molecule has 1 aliphatic rings. The van der Waals surface area contributed by atoms with Gasteiger partial charge >= 0.3 is 0 Å². The first-order valence-corrected chi connectivity index (χ1v) is 17.5. The minimum Gasteiger partial charge on any atom is -0.435 e. The second-order valence-electron chi connectivity index (χ2n) is 13.1. The van der Waals surface area contributed by atoms with Gasteiger partial charge in [-0.3, -0.25) is 0 Å². The Bertz CT molecular complexity index is 2670. The highest BCUT2D eigenvalue weighted by Gasteiger charge is 2.23. The van der Waals surface area contributed by atoms with E-state index in [1.807, 2.05) is 30.3 Å². The topological polar surface area (TPSA) is 34.2 Å². The quantitative estimate of drug-likeness (QED) is 0.179. The fourth-order valence-corrected chi connectivity index (χ4v) is 7.68. The van der Waals surface area contributed by atoms with Crippen molar-refractivity contribution in [2.75, 3.05) is 4.90 Å². The van der Waals surface area contributed by atoms with Gasteiger partial charge in [-0.1, -0.05) is 103 Å². The molecule has 1 aliphatic carbocycles. The van der Waals surface area contributed by atoms with Gasteiger partial charge < -0.3 is 13.9 Å². The third-order valence-corrected chi connectivity index (χ3v) is 10.1. The van der Waals surface area contributed by atoms with Gasteiger partial charge in [-0.2, -0.15) is 0 Å². The van der Waals surface area contributed by atoms with Crippen molar-refractivity contribution in [2.24, 2.45) is 0 Å². The molecule has 7 aromatic carbocycles. The summed E-state index contributed by atoms with van der Waals surface area (Å²) in [6, 6.07) is 60.3. The number of benzene rings is 7. The van der Waals surface area contributed by atoms with Gasteiger partial charge in [0.05, 0.1) is 11.0 Å². The van der Waals surface area contributed by atoms with E-state index in [2.05, 4.69) is 155 Å². The number of allylic oxidation sites excluding steroid dienone is 1. The number of hydrogen-bond donors (Lipinski definition) is 0. The minimum atomic E-state index is 0.647. The summed E-state index contributed by atoms with van der Waals surface area (Å²) in [7, 11) is 0. The van der Waals surface area contributed by atoms with Crippen LogP contribution in [-0.4, -0.2) is 9.55 Å². The van der Waals surface area contributed by atoms with Crippen LogP contribution in [0.25, 0.3) is 67.3 Å². The molecule has 0 fully saturated rings. The Morgan fingerprint density at radius 1 is 0.510 bits per heavy atom. The van der Waals surface area contributed by atoms with Crippen LogP contribution in [0.15, 0.2) is 180 Å². The number of aryl methyl sites for hydroxylation is 1. The molecule has 0 amide bonds. The first kappa shape index (κ1) is 29.3. The fourth-order valence-electron chi connectivity index (χ4n) is 7.68. The van der Waals surface area contributed by atoms with Gasteiger partial charge in [0.15, 0.2) is 5.58 Å². The highest BCUT2D eigenvalue weighted by atomic mass is 16.3. The maximum atomic E-state index is 6.51. The van der Waals surface area contributed by atoms with E-state index in [-0.39, 0.29) is 0 Å². The Morgan fingerprint density at radius 3 is 1.75 bits per heavy atom. The van der Waals surface area contributed by atoms with E-state index in [1.54, 1.807) is 0 Å². The average molecular weight is 656 g/mol. The van der Waals surface area contributed by atoms with Crippen molar-refractivity contribution in [3.05, 3.63) is 187 Å². The predicted molar refractivity (Wildman–Crippen MR) is 211 cm³/mol. The van der Waals surface area contributed by atoms with Gasteiger partial charge in [0.1, 0.15) is 5.52 Å². The monoisotopic (exact) mass is 655 g/mol. The number of rotatable bonds is 6. The highest BCUT2D eigenvalue weighted by Crippen LogP contribution is 2.40. The fraction of sp³-hybridized carbons (Fsp3) is 0.0426. The standard InChI is InChI=1S/C47H33N3O/c1-3-11-32(12-4-1)33-19-23-36(24-20-33)49(37-26-28-38(29-27-37)50-44-17-9-7-15-40(44)41-16-8-10-18-45(41)50)39-25-21-34-22-30-43-46(42(34)31-39)51-47(48-43)35-13-5-2-6-14-35/h1-20,22-24,26-31H,21,25H2. The van der Waals surface area contributed by atoms with Crippen LogP contribution < -0.4 is 4.90 Å². The van der Waals surface area contributed by atoms with Crippen molar-refractivity contribution in [3.63, 3.8) is 0 Å². The normalized spacial score (nSPS) is 12.7. The summed E-state index contributed by atoms with van der Waals surface area (Å²) in [5.41, 5.74) is 14.5. The van der Waals surface area contributed by atoms with Crippen molar-refractivity contribution in [2.45, 2.75) is 12.8 Å². The van der Waals surface area contributed by atoms with Crippen LogP contribution in [-0.2, 0) is 6.42 Å². The molecule has 4 heteroatoms. The van der Waals surface area contributed by atoms with E-state index in [0.717, 1.165) is 52.1 Å². The van der Waals surface area contributed by atoms with E-state index in [9.17, 15) is 0 Å². The Hall–Kier alpha value is -6.65. The molecule has 0 aliphatic heterocycles. The first-order valence-electron chi connectivity index (χ1n) is 17.5. The molecule has 10 rings (SSSR count). The molecule has 242 valence electrons. The molecule has 0 unspecified atom stereocenters. The number of nitrogens with zero attached hydrogens (tertiary/aromatic N) is 3. The largest absolute Gasteiger partial charge is 0.435 e. The summed E-state index contributed by atoms with van der Waals surface area (Å²) in [4.78, 5) is 7.28. The first-order chi connectivity index (χ1) is 25.3. The zero-order chi connectivity index (χ0) is 33.7. The Morgan fingerprint density at radius 2 is 1.08 bits per heavy atom. The molecular formula is C47H33N3O. The van der Waals surface area contributed by atoms with Gasteiger partial charge in [0, 0.05) is 44.7 Å². The molecular weight excluding hydrogens is 623 g/mol. The molecule has 0 bridgehead atoms. The maximum absolute atomic E-state index is 6.51. The van der Waals surface area contributed by atoms with Gasteiger partial charge in [-0.05, 0) is 102 Å². The number of anilines is 2. The van der Waals surface area contributed by atoms with E-state index in [1.165, 1.54) is 44.2 Å². The summed E-state index contributed by atoms with van der Waals surface area (Å²) in [6.07, 6.45) is 4.12. The van der Waals surface area contributed by atoms with Crippen molar-refractivity contribution in [1.29, 1.82) is 0 Å². The SMILES string of the molecule is C1=C(N(c2ccc(-c3ccccc3)cc2)c2ccc(-n3c4ccccc4c4ccccc43)cc2)CCc2ccc3nc(-c4ccccc4)oc3c21. The van der Waals surface area contributed by atoms with Crippen LogP contribution in [0.4, 0.5) is 11.4 Å². The van der Waals surface area contributed by atoms with E-state index in [0.29, 0.717) is 5.89 Å². The summed E-state index contributed by atoms with van der Waals surface area (Å²) >= 11 is 0. The van der Waals surface area contributed by atoms with Crippen molar-refractivity contribution >= 4 is 50.4 Å². The summed E-state index contributed by atoms with van der Waals surface area (Å²) < 4.78 is 8.88. The zero-order valence-corrected chi connectivity index (χ0v) is 27.9. The minimum absolute atomic E-state index is 0.647. The Kier molecular flexibility index (Phi) is 6.91. The molecule has 2 heterocycles. The molecule has 51 heavy (non-hydrogen) atoms. The maximum Gasteiger partial charge on any atom is 0.227 e. The van der Waals surface area contributed by atoms with Crippen molar-refractivity contribution in [1.82, 2.24) is 9.55 Å². The van der Waals surface area contributed by atoms with Gasteiger partial charge in [0.2, 0.25) is 5.89 Å². The van der Waals surface area contributed by atoms with Crippen LogP contribution in [0.2, 0.25) is 0 Å². The molecule has 0 saturated carbocycles. The lowest BCUT2D eigenvalue weighted by Gasteiger charge is -2.31. The van der Waals surface area contributed by atoms with Crippen LogP contribution >= 0.6 is 0 Å². The van der Waals surface area contributed by atoms with Gasteiger partial charge in [-0.25, -0.2) is 4.98 Å². The molecule has 2 aromatic heterocycles. The van der Waals surface area contributed by atoms with Crippen LogP contribution in [0.3, 0.4) is 0 Å². The molecule has 4 nitrogen and oxygen atoms in total. The van der Waals surface area contributed by atoms with Crippen LogP contribution in [0, 0.1) is 0 Å². The second kappa shape index (κ2) is 12.0. The Labute approximate surface area is 296 Å². The number of para-hydroxylation sites is 2. The average Bonchev–Trinajstić information content (AvgIpc) is 3.80. The molecule has 0 saturated heterocycles. The number of oxazole rings is 1. The third kappa shape index (κ3) is 5.03. The number of hydrogen-bond acceptors (Lipinski definition) is 3. The number of aromatic nitrogens is 2. The molecule has 9 aromatic rings. The van der Waals surface area contributed by atoms with Crippen molar-refractivity contribution < 1.29 is 4.42 Å². The molecule has 0 radical (unpaired) electrons. The molecule has 0 atom stereocenters. The molecule has 0 spiro atoms. The number of fused-ring (bicyclic) bond motifs is 6. The van der Waals surface area contributed by atoms with E-state index < -0.39 is 0 Å². The van der Waals surface area contributed by atoms with Gasteiger partial charge in [0.25, 0.3) is 0 Å². The zero-order valence-electron chi connectivity index (χ0n) is 27.9. The van der Waals surface area contributed by atoms with E-state index in [4.69, 9.17) is 9.40 Å². The summed E-state index contributed by atoms with van der Waals surface area (Å²) in [6.45, 7) is 0. The van der Waals surface area contributed by atoms with E-state index >= 15 is 0 Å². The lowest BCUT2D eigenvalue weighted by molar-refractivity contribution is 0.618. The van der Waals surface area contributed by atoms with Crippen LogP contribution in [0.5, 0.6) is 0 Å². The lowest BCUT2D eigenvalue weighted by Crippen LogP contribution is -2.19. The van der Waals surface area contributed by atoms with Gasteiger partial charge in [-0.15, -0.1) is 0 Å². The highest BCUT2D eigenvalue weighted by molar-refractivity contribution is 6.09. The lowest BCUT2D eigenvalue weighted by atomic mass is 9.93. The summed E-state index contributed by atoms with van der Waals surface area (Å²) in [5, 5.41) is 2.52. The smallest absolute Gasteiger partial charge is 0.227 e. The van der Waals surface area contributed by atoms with Crippen LogP contribution in [0.1, 0.15) is 17.5 Å². The third-order valence-electron chi connectivity index (χ3n) is 10.1. The van der Waals surface area contributed by atoms with Crippen molar-refractivity contribution in [3.8, 4) is 28.3 Å². The Balaban J connectivity index is 1.10. The summed E-state index contributed by atoms with van der Waals surface area (Å²) in [5.74, 6) is 0.647. The molecule has 0 N–H and O–H groups in total. The second-order valence-corrected chi connectivity index (χ2v) is 13.1. The predicted octanol–water partition coefficient (Wildman–Crippen LogP) is 12.4.